The van der Waals surface area contributed by atoms with Gasteiger partial charge in [0.1, 0.15) is 5.75 Å². The second kappa shape index (κ2) is 3.75. The molecule has 0 bridgehead atoms. The number of benzene rings is 1. The van der Waals surface area contributed by atoms with E-state index < -0.39 is 0 Å². The van der Waals surface area contributed by atoms with Crippen LogP contribution in [0.5, 0.6) is 5.75 Å². The lowest BCUT2D eigenvalue weighted by Gasteiger charge is -2.04. The van der Waals surface area contributed by atoms with Crippen LogP contribution >= 0.6 is 0 Å². The largest absolute Gasteiger partial charge is 0.506 e. The molecule has 3 aromatic rings. The zero-order chi connectivity index (χ0) is 11.7. The lowest BCUT2D eigenvalue weighted by molar-refractivity contribution is 0.477. The summed E-state index contributed by atoms with van der Waals surface area (Å²) in [5.41, 5.74) is 1.21. The van der Waals surface area contributed by atoms with Crippen LogP contribution in [0.25, 0.3) is 5.65 Å². The highest BCUT2D eigenvalue weighted by Gasteiger charge is 2.07. The van der Waals surface area contributed by atoms with Crippen molar-refractivity contribution in [2.45, 2.75) is 0 Å². The third-order valence-electron chi connectivity index (χ3n) is 2.33. The van der Waals surface area contributed by atoms with E-state index in [1.807, 2.05) is 6.07 Å². The van der Waals surface area contributed by atoms with Crippen LogP contribution in [0, 0.1) is 0 Å². The number of hydrogen-bond donors (Lipinski definition) is 2. The maximum absolute atomic E-state index is 9.64. The molecule has 0 atom stereocenters. The van der Waals surface area contributed by atoms with Crippen molar-refractivity contribution in [3.63, 3.8) is 0 Å². The van der Waals surface area contributed by atoms with Gasteiger partial charge in [0.25, 0.3) is 5.95 Å². The molecule has 2 heterocycles. The van der Waals surface area contributed by atoms with Crippen LogP contribution in [0.15, 0.2) is 42.6 Å². The number of fused-ring (bicyclic) bond motifs is 1. The first-order valence-corrected chi connectivity index (χ1v) is 5.06. The van der Waals surface area contributed by atoms with E-state index in [1.54, 1.807) is 41.0 Å². The van der Waals surface area contributed by atoms with Gasteiger partial charge in [-0.25, -0.2) is 0 Å². The molecule has 0 saturated carbocycles. The lowest BCUT2D eigenvalue weighted by Crippen LogP contribution is -1.99. The molecule has 0 fully saturated rings. The molecule has 0 radical (unpaired) electrons. The third kappa shape index (κ3) is 1.65. The van der Waals surface area contributed by atoms with Crippen LogP contribution in [0.4, 0.5) is 11.6 Å². The minimum absolute atomic E-state index is 0.153. The predicted molar refractivity (Wildman–Crippen MR) is 62.2 cm³/mol. The molecule has 3 rings (SSSR count). The Bertz CT molecular complexity index is 664. The highest BCUT2D eigenvalue weighted by atomic mass is 16.3. The summed E-state index contributed by atoms with van der Waals surface area (Å²) in [6.07, 6.45) is 1.65. The molecule has 6 heteroatoms. The van der Waals surface area contributed by atoms with Gasteiger partial charge in [-0.15, -0.1) is 10.2 Å². The van der Waals surface area contributed by atoms with Crippen LogP contribution in [-0.2, 0) is 0 Å². The zero-order valence-electron chi connectivity index (χ0n) is 8.78. The normalized spacial score (nSPS) is 10.6. The summed E-state index contributed by atoms with van der Waals surface area (Å²) in [4.78, 5) is 0. The molecule has 2 N–H and O–H groups in total. The molecule has 0 spiro atoms. The maximum Gasteiger partial charge on any atom is 0.250 e. The summed E-state index contributed by atoms with van der Waals surface area (Å²) in [7, 11) is 0. The molecule has 6 nitrogen and oxygen atoms in total. The third-order valence-corrected chi connectivity index (χ3v) is 2.33. The van der Waals surface area contributed by atoms with Crippen molar-refractivity contribution in [3.05, 3.63) is 42.6 Å². The SMILES string of the molecule is Oc1ccccc1Nc1nnc2cccnn12. The molecule has 84 valence electrons. The Morgan fingerprint density at radius 1 is 1.06 bits per heavy atom. The van der Waals surface area contributed by atoms with E-state index in [9.17, 15) is 5.11 Å². The Labute approximate surface area is 96.5 Å². The van der Waals surface area contributed by atoms with Gasteiger partial charge in [0.05, 0.1) is 5.69 Å². The van der Waals surface area contributed by atoms with E-state index >= 15 is 0 Å². The fraction of sp³-hybridized carbons (Fsp3) is 0. The van der Waals surface area contributed by atoms with Gasteiger partial charge in [0.15, 0.2) is 5.65 Å². The number of para-hydroxylation sites is 2. The topological polar surface area (TPSA) is 75.3 Å². The minimum atomic E-state index is 0.153. The van der Waals surface area contributed by atoms with Crippen LogP contribution in [-0.4, -0.2) is 24.9 Å². The standard InChI is InChI=1S/C11H9N5O/c17-9-5-2-1-4-8(9)13-11-15-14-10-6-3-7-12-16(10)11/h1-7,17H,(H,13,15). The van der Waals surface area contributed by atoms with Gasteiger partial charge in [-0.05, 0) is 24.3 Å². The van der Waals surface area contributed by atoms with Gasteiger partial charge in [-0.2, -0.15) is 9.61 Å². The highest BCUT2D eigenvalue weighted by molar-refractivity contribution is 5.62. The van der Waals surface area contributed by atoms with Crippen molar-refractivity contribution in [2.24, 2.45) is 0 Å². The second-order valence-electron chi connectivity index (χ2n) is 3.46. The van der Waals surface area contributed by atoms with Crippen molar-refractivity contribution in [1.82, 2.24) is 19.8 Å². The van der Waals surface area contributed by atoms with Crippen molar-refractivity contribution in [3.8, 4) is 5.75 Å². The van der Waals surface area contributed by atoms with E-state index in [0.717, 1.165) is 0 Å². The number of nitrogens with zero attached hydrogens (tertiary/aromatic N) is 4. The number of nitrogens with one attached hydrogen (secondary N) is 1. The van der Waals surface area contributed by atoms with E-state index in [-0.39, 0.29) is 5.75 Å². The van der Waals surface area contributed by atoms with E-state index in [2.05, 4.69) is 20.6 Å². The first-order valence-electron chi connectivity index (χ1n) is 5.06. The average molecular weight is 227 g/mol. The molecule has 17 heavy (non-hydrogen) atoms. The Morgan fingerprint density at radius 3 is 2.82 bits per heavy atom. The number of aromatic hydroxyl groups is 1. The second-order valence-corrected chi connectivity index (χ2v) is 3.46. The lowest BCUT2D eigenvalue weighted by atomic mass is 10.3. The number of aromatic nitrogens is 4. The molecule has 2 aromatic heterocycles. The number of rotatable bonds is 2. The molecule has 0 aliphatic rings. The molecule has 0 saturated heterocycles. The molecule has 0 amide bonds. The summed E-state index contributed by atoms with van der Waals surface area (Å²) in [5.74, 6) is 0.613. The van der Waals surface area contributed by atoms with Crippen LogP contribution in [0.2, 0.25) is 0 Å². The fourth-order valence-electron chi connectivity index (χ4n) is 1.52. The van der Waals surface area contributed by atoms with Gasteiger partial charge in [0, 0.05) is 6.20 Å². The summed E-state index contributed by atoms with van der Waals surface area (Å²) in [6.45, 7) is 0. The Morgan fingerprint density at radius 2 is 1.94 bits per heavy atom. The van der Waals surface area contributed by atoms with E-state index in [0.29, 0.717) is 17.3 Å². The number of hydrogen-bond acceptors (Lipinski definition) is 5. The van der Waals surface area contributed by atoms with Gasteiger partial charge >= 0.3 is 0 Å². The van der Waals surface area contributed by atoms with Gasteiger partial charge in [0.2, 0.25) is 0 Å². The minimum Gasteiger partial charge on any atom is -0.506 e. The molecule has 0 aliphatic carbocycles. The van der Waals surface area contributed by atoms with Crippen molar-refractivity contribution in [1.29, 1.82) is 0 Å². The van der Waals surface area contributed by atoms with Crippen molar-refractivity contribution in [2.75, 3.05) is 5.32 Å². The molecular formula is C11H9N5O. The Balaban J connectivity index is 2.03. The number of phenolic OH excluding ortho intramolecular Hbond substituents is 1. The van der Waals surface area contributed by atoms with E-state index in [1.165, 1.54) is 0 Å². The Hall–Kier alpha value is -2.63. The summed E-state index contributed by atoms with van der Waals surface area (Å²) >= 11 is 0. The fourth-order valence-corrected chi connectivity index (χ4v) is 1.52. The van der Waals surface area contributed by atoms with Crippen LogP contribution in [0.3, 0.4) is 0 Å². The monoisotopic (exact) mass is 227 g/mol. The molecule has 0 aliphatic heterocycles. The summed E-state index contributed by atoms with van der Waals surface area (Å²) < 4.78 is 1.56. The number of phenols is 1. The summed E-state index contributed by atoms with van der Waals surface area (Å²) in [5, 5.41) is 24.6. The predicted octanol–water partition coefficient (Wildman–Crippen LogP) is 1.57. The molecular weight excluding hydrogens is 218 g/mol. The number of anilines is 2. The van der Waals surface area contributed by atoms with Gasteiger partial charge in [-0.3, -0.25) is 0 Å². The van der Waals surface area contributed by atoms with Gasteiger partial charge < -0.3 is 10.4 Å². The van der Waals surface area contributed by atoms with Crippen molar-refractivity contribution < 1.29 is 5.11 Å². The first-order chi connectivity index (χ1) is 8.34. The smallest absolute Gasteiger partial charge is 0.250 e. The summed E-state index contributed by atoms with van der Waals surface area (Å²) in [6, 6.07) is 10.5. The molecule has 1 aromatic carbocycles. The highest BCUT2D eigenvalue weighted by Crippen LogP contribution is 2.24. The average Bonchev–Trinajstić information content (AvgIpc) is 2.76. The van der Waals surface area contributed by atoms with Crippen LogP contribution < -0.4 is 5.32 Å². The van der Waals surface area contributed by atoms with Crippen molar-refractivity contribution >= 4 is 17.3 Å². The van der Waals surface area contributed by atoms with Crippen LogP contribution in [0.1, 0.15) is 0 Å². The Kier molecular flexibility index (Phi) is 2.11. The quantitative estimate of drug-likeness (QED) is 0.650. The first kappa shape index (κ1) is 9.59. The maximum atomic E-state index is 9.64. The van der Waals surface area contributed by atoms with E-state index in [4.69, 9.17) is 0 Å². The van der Waals surface area contributed by atoms with Gasteiger partial charge in [-0.1, -0.05) is 12.1 Å². The zero-order valence-corrected chi connectivity index (χ0v) is 8.78. The molecule has 0 unspecified atom stereocenters.